The third-order valence-electron chi connectivity index (χ3n) is 9.36. The SMILES string of the molecule is Cc1cccc(C(C)C)c1-n1c2cc(C=C3C(=O)c4ccccc4C3=O)ccc2c2ccc(C=C3C(=O)c4ccccc4C3=O)cc21. The summed E-state index contributed by atoms with van der Waals surface area (Å²) < 4.78 is 2.24. The molecule has 0 bridgehead atoms. The maximum atomic E-state index is 13.2. The Bertz CT molecular complexity index is 2250. The molecule has 2 aliphatic rings. The van der Waals surface area contributed by atoms with Crippen molar-refractivity contribution in [2.45, 2.75) is 26.7 Å². The second-order valence-electron chi connectivity index (χ2n) is 12.6. The van der Waals surface area contributed by atoms with Gasteiger partial charge in [0.2, 0.25) is 0 Å². The second kappa shape index (κ2) is 10.6. The Kier molecular flexibility index (Phi) is 6.41. The first-order valence-electron chi connectivity index (χ1n) is 15.7. The average molecular weight is 612 g/mol. The summed E-state index contributed by atoms with van der Waals surface area (Å²) in [7, 11) is 0. The Hall–Kier alpha value is -5.94. The third kappa shape index (κ3) is 4.31. The largest absolute Gasteiger partial charge is 0.309 e. The Balaban J connectivity index is 1.36. The second-order valence-corrected chi connectivity index (χ2v) is 12.6. The molecule has 0 saturated carbocycles. The van der Waals surface area contributed by atoms with E-state index in [0.29, 0.717) is 22.3 Å². The van der Waals surface area contributed by atoms with Crippen molar-refractivity contribution in [3.63, 3.8) is 0 Å². The molecule has 0 fully saturated rings. The fraction of sp³-hybridized carbons (Fsp3) is 0.0952. The van der Waals surface area contributed by atoms with Crippen molar-refractivity contribution < 1.29 is 19.2 Å². The topological polar surface area (TPSA) is 73.2 Å². The molecule has 5 heteroatoms. The monoisotopic (exact) mass is 611 g/mol. The number of Topliss-reactive ketones (excluding diaryl/α,β-unsaturated/α-hetero) is 4. The molecule has 0 N–H and O–H groups in total. The molecule has 2 aliphatic carbocycles. The van der Waals surface area contributed by atoms with Gasteiger partial charge in [0.15, 0.2) is 23.1 Å². The van der Waals surface area contributed by atoms with E-state index in [1.54, 1.807) is 60.7 Å². The van der Waals surface area contributed by atoms with Gasteiger partial charge in [0.25, 0.3) is 0 Å². The molecule has 226 valence electrons. The highest BCUT2D eigenvalue weighted by molar-refractivity contribution is 6.42. The van der Waals surface area contributed by atoms with E-state index in [1.165, 1.54) is 5.56 Å². The third-order valence-corrected chi connectivity index (χ3v) is 9.36. The smallest absolute Gasteiger partial charge is 0.197 e. The van der Waals surface area contributed by atoms with Crippen molar-refractivity contribution in [1.29, 1.82) is 0 Å². The van der Waals surface area contributed by atoms with Crippen LogP contribution in [0.15, 0.2) is 114 Å². The summed E-state index contributed by atoms with van der Waals surface area (Å²) in [5.41, 5.74) is 8.71. The Morgan fingerprint density at radius 1 is 0.532 bits per heavy atom. The lowest BCUT2D eigenvalue weighted by molar-refractivity contribution is 0.0975. The molecule has 0 atom stereocenters. The lowest BCUT2D eigenvalue weighted by atomic mass is 9.97. The number of carbonyl (C=O) groups excluding carboxylic acids is 4. The van der Waals surface area contributed by atoms with E-state index in [0.717, 1.165) is 44.2 Å². The molecule has 8 rings (SSSR count). The number of hydrogen-bond donors (Lipinski definition) is 0. The Labute approximate surface area is 271 Å². The van der Waals surface area contributed by atoms with Crippen LogP contribution in [0.2, 0.25) is 0 Å². The number of ketones is 4. The quantitative estimate of drug-likeness (QED) is 0.147. The van der Waals surface area contributed by atoms with Gasteiger partial charge in [0.1, 0.15) is 0 Å². The first-order valence-corrected chi connectivity index (χ1v) is 15.7. The zero-order chi connectivity index (χ0) is 32.6. The van der Waals surface area contributed by atoms with Crippen LogP contribution in [0, 0.1) is 6.92 Å². The molecule has 47 heavy (non-hydrogen) atoms. The molecular formula is C42H29NO4. The number of allylic oxidation sites excluding steroid dienone is 2. The summed E-state index contributed by atoms with van der Waals surface area (Å²) in [6.07, 6.45) is 3.39. The van der Waals surface area contributed by atoms with E-state index in [9.17, 15) is 19.2 Å². The van der Waals surface area contributed by atoms with E-state index in [2.05, 4.69) is 43.5 Å². The number of aryl methyl sites for hydroxylation is 1. The number of rotatable bonds is 4. The Morgan fingerprint density at radius 2 is 0.957 bits per heavy atom. The minimum absolute atomic E-state index is 0.160. The van der Waals surface area contributed by atoms with Crippen LogP contribution in [-0.2, 0) is 0 Å². The van der Waals surface area contributed by atoms with Crippen LogP contribution in [0.5, 0.6) is 0 Å². The summed E-state index contributed by atoms with van der Waals surface area (Å²) in [6, 6.07) is 32.2. The molecule has 0 saturated heterocycles. The molecule has 0 spiro atoms. The number of benzene rings is 5. The fourth-order valence-electron chi connectivity index (χ4n) is 7.07. The molecule has 0 aliphatic heterocycles. The summed E-state index contributed by atoms with van der Waals surface area (Å²) >= 11 is 0. The van der Waals surface area contributed by atoms with Crippen molar-refractivity contribution in [2.24, 2.45) is 0 Å². The minimum atomic E-state index is -0.261. The molecule has 5 nitrogen and oxygen atoms in total. The van der Waals surface area contributed by atoms with Gasteiger partial charge in [0.05, 0.1) is 27.9 Å². The standard InChI is InChI=1S/C42H29NO4/c1-23(2)27-14-8-9-24(3)38(27)43-36-21-25(19-34-39(44)30-10-4-5-11-31(30)40(34)45)15-17-28(36)29-18-16-26(22-37(29)43)20-35-41(46)32-12-6-7-13-33(32)42(35)47/h4-23H,1-3H3. The van der Waals surface area contributed by atoms with Crippen molar-refractivity contribution in [1.82, 2.24) is 4.57 Å². The van der Waals surface area contributed by atoms with Crippen LogP contribution in [0.1, 0.15) is 83.5 Å². The van der Waals surface area contributed by atoms with Gasteiger partial charge in [0, 0.05) is 33.0 Å². The van der Waals surface area contributed by atoms with Crippen LogP contribution >= 0.6 is 0 Å². The molecular weight excluding hydrogens is 582 g/mol. The van der Waals surface area contributed by atoms with Crippen LogP contribution in [0.3, 0.4) is 0 Å². The van der Waals surface area contributed by atoms with Crippen molar-refractivity contribution in [3.8, 4) is 5.69 Å². The minimum Gasteiger partial charge on any atom is -0.309 e. The predicted octanol–water partition coefficient (Wildman–Crippen LogP) is 9.14. The number of fused-ring (bicyclic) bond motifs is 5. The van der Waals surface area contributed by atoms with Gasteiger partial charge in [-0.15, -0.1) is 0 Å². The Morgan fingerprint density at radius 3 is 1.36 bits per heavy atom. The predicted molar refractivity (Wildman–Crippen MR) is 186 cm³/mol. The normalized spacial score (nSPS) is 14.1. The zero-order valence-corrected chi connectivity index (χ0v) is 26.1. The van der Waals surface area contributed by atoms with Crippen molar-refractivity contribution in [3.05, 3.63) is 159 Å². The van der Waals surface area contributed by atoms with Crippen LogP contribution in [0.4, 0.5) is 0 Å². The first-order chi connectivity index (χ1) is 22.7. The molecule has 0 amide bonds. The summed E-state index contributed by atoms with van der Waals surface area (Å²) in [6.45, 7) is 6.43. The van der Waals surface area contributed by atoms with E-state index < -0.39 is 0 Å². The lowest BCUT2D eigenvalue weighted by Gasteiger charge is -2.19. The number of carbonyl (C=O) groups is 4. The number of para-hydroxylation sites is 1. The van der Waals surface area contributed by atoms with Gasteiger partial charge in [-0.05, 0) is 59.4 Å². The van der Waals surface area contributed by atoms with E-state index in [-0.39, 0.29) is 40.2 Å². The summed E-state index contributed by atoms with van der Waals surface area (Å²) in [4.78, 5) is 52.9. The highest BCUT2D eigenvalue weighted by Gasteiger charge is 2.33. The molecule has 1 heterocycles. The highest BCUT2D eigenvalue weighted by atomic mass is 16.2. The van der Waals surface area contributed by atoms with Gasteiger partial charge in [-0.25, -0.2) is 0 Å². The van der Waals surface area contributed by atoms with Crippen molar-refractivity contribution >= 4 is 57.1 Å². The van der Waals surface area contributed by atoms with Crippen LogP contribution in [-0.4, -0.2) is 27.7 Å². The van der Waals surface area contributed by atoms with Crippen molar-refractivity contribution in [2.75, 3.05) is 0 Å². The maximum Gasteiger partial charge on any atom is 0.197 e. The van der Waals surface area contributed by atoms with Gasteiger partial charge in [-0.3, -0.25) is 19.2 Å². The van der Waals surface area contributed by atoms with Gasteiger partial charge in [-0.1, -0.05) is 105 Å². The average Bonchev–Trinajstić information content (AvgIpc) is 3.61. The number of nitrogens with zero attached hydrogens (tertiary/aromatic N) is 1. The molecule has 0 unspecified atom stereocenters. The number of aromatic nitrogens is 1. The fourth-order valence-corrected chi connectivity index (χ4v) is 7.07. The zero-order valence-electron chi connectivity index (χ0n) is 26.1. The molecule has 1 aromatic heterocycles. The summed E-state index contributed by atoms with van der Waals surface area (Å²) in [5.74, 6) is -0.815. The van der Waals surface area contributed by atoms with E-state index in [4.69, 9.17) is 0 Å². The lowest BCUT2D eigenvalue weighted by Crippen LogP contribution is -2.04. The van der Waals surface area contributed by atoms with Crippen LogP contribution in [0.25, 0.3) is 39.6 Å². The maximum absolute atomic E-state index is 13.2. The van der Waals surface area contributed by atoms with E-state index >= 15 is 0 Å². The molecule has 6 aromatic rings. The summed E-state index contributed by atoms with van der Waals surface area (Å²) in [5, 5.41) is 2.01. The highest BCUT2D eigenvalue weighted by Crippen LogP contribution is 2.39. The van der Waals surface area contributed by atoms with Gasteiger partial charge >= 0.3 is 0 Å². The first kappa shape index (κ1) is 28.5. The molecule has 0 radical (unpaired) electrons. The molecule has 5 aromatic carbocycles. The van der Waals surface area contributed by atoms with E-state index in [1.807, 2.05) is 36.4 Å². The number of hydrogen-bond acceptors (Lipinski definition) is 4. The van der Waals surface area contributed by atoms with Crippen LogP contribution < -0.4 is 0 Å². The van der Waals surface area contributed by atoms with Gasteiger partial charge in [-0.2, -0.15) is 0 Å². The van der Waals surface area contributed by atoms with Gasteiger partial charge < -0.3 is 4.57 Å².